The first-order chi connectivity index (χ1) is 15.6. The average molecular weight is 489 g/mol. The highest BCUT2D eigenvalue weighted by Crippen LogP contribution is 2.22. The molecule has 0 saturated heterocycles. The third-order valence-corrected chi connectivity index (χ3v) is 7.91. The molecule has 172 valence electrons. The van der Waals surface area contributed by atoms with Gasteiger partial charge in [0.25, 0.3) is 0 Å². The molecule has 0 aliphatic carbocycles. The number of sulfonamides is 1. The molecular weight excluding hydrogens is 468 g/mol. The standard InChI is InChI=1S/C20H20N6O5S2/c1-31-18-9-7-17(8-10-18)26-19-14(12-22-26)11-21-20(24-19)23-15-3-5-16(6-4-15)25-33(29,30)13-32(2,27)28/h3-12,25H,13H2,1-2H3,(H,21,23,24). The highest BCUT2D eigenvalue weighted by Gasteiger charge is 2.18. The summed E-state index contributed by atoms with van der Waals surface area (Å²) >= 11 is 0. The smallest absolute Gasteiger partial charge is 0.247 e. The van der Waals surface area contributed by atoms with Crippen molar-refractivity contribution in [3.05, 3.63) is 60.9 Å². The molecule has 11 nitrogen and oxygen atoms in total. The summed E-state index contributed by atoms with van der Waals surface area (Å²) in [6, 6.07) is 13.6. The Kier molecular flexibility index (Phi) is 5.91. The van der Waals surface area contributed by atoms with Crippen LogP contribution in [0.3, 0.4) is 0 Å². The monoisotopic (exact) mass is 488 g/mol. The molecule has 0 radical (unpaired) electrons. The van der Waals surface area contributed by atoms with Crippen molar-refractivity contribution in [2.45, 2.75) is 0 Å². The second-order valence-corrected chi connectivity index (χ2v) is 11.4. The van der Waals surface area contributed by atoms with Crippen molar-refractivity contribution >= 4 is 48.2 Å². The van der Waals surface area contributed by atoms with Crippen LogP contribution in [-0.2, 0) is 19.9 Å². The molecule has 33 heavy (non-hydrogen) atoms. The largest absolute Gasteiger partial charge is 0.497 e. The first kappa shape index (κ1) is 22.5. The summed E-state index contributed by atoms with van der Waals surface area (Å²) in [5, 5.41) is 7.20. The number of sulfone groups is 1. The van der Waals surface area contributed by atoms with Crippen LogP contribution in [0.25, 0.3) is 16.7 Å². The van der Waals surface area contributed by atoms with Crippen LogP contribution in [-0.4, -0.2) is 55.0 Å². The van der Waals surface area contributed by atoms with E-state index in [1.54, 1.807) is 36.3 Å². The van der Waals surface area contributed by atoms with E-state index in [1.807, 2.05) is 24.3 Å². The van der Waals surface area contributed by atoms with E-state index in [0.717, 1.165) is 23.1 Å². The second kappa shape index (κ2) is 8.67. The van der Waals surface area contributed by atoms with Crippen LogP contribution in [0.15, 0.2) is 60.9 Å². The highest BCUT2D eigenvalue weighted by atomic mass is 32.3. The van der Waals surface area contributed by atoms with Gasteiger partial charge in [-0.15, -0.1) is 0 Å². The highest BCUT2D eigenvalue weighted by molar-refractivity contribution is 8.08. The van der Waals surface area contributed by atoms with Crippen molar-refractivity contribution < 1.29 is 21.6 Å². The van der Waals surface area contributed by atoms with Crippen molar-refractivity contribution in [2.24, 2.45) is 0 Å². The molecule has 0 amide bonds. The lowest BCUT2D eigenvalue weighted by atomic mass is 10.3. The molecule has 0 bridgehead atoms. The zero-order chi connectivity index (χ0) is 23.6. The van der Waals surface area contributed by atoms with Gasteiger partial charge < -0.3 is 10.1 Å². The SMILES string of the molecule is COc1ccc(-n2ncc3cnc(Nc4ccc(NS(=O)(=O)CS(C)(=O)=O)cc4)nc32)cc1. The van der Waals surface area contributed by atoms with Gasteiger partial charge in [-0.05, 0) is 48.5 Å². The zero-order valence-electron chi connectivity index (χ0n) is 17.6. The van der Waals surface area contributed by atoms with Gasteiger partial charge in [-0.3, -0.25) is 4.72 Å². The topological polar surface area (TPSA) is 145 Å². The van der Waals surface area contributed by atoms with Crippen molar-refractivity contribution in [2.75, 3.05) is 28.5 Å². The van der Waals surface area contributed by atoms with Crippen LogP contribution in [0.4, 0.5) is 17.3 Å². The summed E-state index contributed by atoms with van der Waals surface area (Å²) in [7, 11) is -6.10. The van der Waals surface area contributed by atoms with Gasteiger partial charge >= 0.3 is 0 Å². The molecule has 0 aliphatic rings. The molecule has 2 N–H and O–H groups in total. The van der Waals surface area contributed by atoms with Gasteiger partial charge in [0, 0.05) is 23.8 Å². The van der Waals surface area contributed by atoms with E-state index < -0.39 is 24.9 Å². The Morgan fingerprint density at radius 3 is 2.24 bits per heavy atom. The fraction of sp³-hybridized carbons (Fsp3) is 0.150. The molecule has 2 aromatic carbocycles. The molecule has 0 spiro atoms. The fourth-order valence-electron chi connectivity index (χ4n) is 3.03. The predicted octanol–water partition coefficient (Wildman–Crippen LogP) is 2.31. The third kappa shape index (κ3) is 5.56. The maximum absolute atomic E-state index is 11.9. The number of aromatic nitrogens is 4. The Hall–Kier alpha value is -3.71. The number of ether oxygens (including phenoxy) is 1. The third-order valence-electron chi connectivity index (χ3n) is 4.41. The van der Waals surface area contributed by atoms with Crippen LogP contribution >= 0.6 is 0 Å². The van der Waals surface area contributed by atoms with Gasteiger partial charge in [-0.2, -0.15) is 10.1 Å². The normalized spacial score (nSPS) is 11.9. The molecular formula is C20H20N6O5S2. The molecule has 0 unspecified atom stereocenters. The Bertz CT molecular complexity index is 1500. The molecule has 4 aromatic rings. The maximum Gasteiger partial charge on any atom is 0.247 e. The van der Waals surface area contributed by atoms with Crippen molar-refractivity contribution in [3.8, 4) is 11.4 Å². The van der Waals surface area contributed by atoms with E-state index in [0.29, 0.717) is 17.3 Å². The van der Waals surface area contributed by atoms with Crippen molar-refractivity contribution in [1.82, 2.24) is 19.7 Å². The number of rotatable bonds is 8. The Morgan fingerprint density at radius 2 is 1.61 bits per heavy atom. The number of hydrogen-bond donors (Lipinski definition) is 2. The van der Waals surface area contributed by atoms with Gasteiger partial charge in [0.2, 0.25) is 16.0 Å². The van der Waals surface area contributed by atoms with E-state index >= 15 is 0 Å². The molecule has 4 rings (SSSR count). The van der Waals surface area contributed by atoms with Gasteiger partial charge in [0.1, 0.15) is 5.75 Å². The Balaban J connectivity index is 1.53. The zero-order valence-corrected chi connectivity index (χ0v) is 19.3. The summed E-state index contributed by atoms with van der Waals surface area (Å²) < 4.78 is 55.5. The quantitative estimate of drug-likeness (QED) is 0.381. The summed E-state index contributed by atoms with van der Waals surface area (Å²) in [6.45, 7) is 0. The first-order valence-electron chi connectivity index (χ1n) is 9.52. The summed E-state index contributed by atoms with van der Waals surface area (Å²) in [6.07, 6.45) is 4.17. The first-order valence-corrected chi connectivity index (χ1v) is 13.2. The van der Waals surface area contributed by atoms with Crippen LogP contribution in [0.5, 0.6) is 5.75 Å². The Morgan fingerprint density at radius 1 is 0.939 bits per heavy atom. The predicted molar refractivity (Wildman–Crippen MR) is 125 cm³/mol. The minimum atomic E-state index is -4.02. The van der Waals surface area contributed by atoms with Crippen molar-refractivity contribution in [1.29, 1.82) is 0 Å². The second-order valence-electron chi connectivity index (χ2n) is 7.19. The lowest BCUT2D eigenvalue weighted by molar-refractivity contribution is 0.414. The maximum atomic E-state index is 11.9. The Labute approximate surface area is 190 Å². The fourth-order valence-corrected chi connectivity index (χ4v) is 6.02. The number of fused-ring (bicyclic) bond motifs is 1. The number of benzene rings is 2. The van der Waals surface area contributed by atoms with E-state index in [2.05, 4.69) is 25.1 Å². The molecule has 13 heteroatoms. The molecule has 2 aromatic heterocycles. The van der Waals surface area contributed by atoms with Crippen molar-refractivity contribution in [3.63, 3.8) is 0 Å². The summed E-state index contributed by atoms with van der Waals surface area (Å²) in [5.41, 5.74) is 2.25. The summed E-state index contributed by atoms with van der Waals surface area (Å²) in [5.74, 6) is 1.05. The minimum Gasteiger partial charge on any atom is -0.497 e. The molecule has 0 atom stereocenters. The van der Waals surface area contributed by atoms with E-state index in [4.69, 9.17) is 4.74 Å². The molecule has 0 fully saturated rings. The average Bonchev–Trinajstić information content (AvgIpc) is 3.16. The number of methoxy groups -OCH3 is 1. The van der Waals surface area contributed by atoms with Gasteiger partial charge in [-0.1, -0.05) is 0 Å². The number of anilines is 3. The number of nitrogens with one attached hydrogen (secondary N) is 2. The summed E-state index contributed by atoms with van der Waals surface area (Å²) in [4.78, 5) is 8.83. The van der Waals surface area contributed by atoms with Crippen LogP contribution in [0, 0.1) is 0 Å². The number of nitrogens with zero attached hydrogens (tertiary/aromatic N) is 4. The van der Waals surface area contributed by atoms with E-state index in [1.165, 1.54) is 12.1 Å². The van der Waals surface area contributed by atoms with Crippen LogP contribution in [0.1, 0.15) is 0 Å². The van der Waals surface area contributed by atoms with E-state index in [-0.39, 0.29) is 5.69 Å². The lowest BCUT2D eigenvalue weighted by Gasteiger charge is -2.09. The minimum absolute atomic E-state index is 0.234. The molecule has 0 aliphatic heterocycles. The molecule has 0 saturated carbocycles. The van der Waals surface area contributed by atoms with Crippen LogP contribution < -0.4 is 14.8 Å². The van der Waals surface area contributed by atoms with Gasteiger partial charge in [0.15, 0.2) is 20.6 Å². The lowest BCUT2D eigenvalue weighted by Crippen LogP contribution is -2.22. The van der Waals surface area contributed by atoms with Gasteiger partial charge in [-0.25, -0.2) is 26.5 Å². The van der Waals surface area contributed by atoms with E-state index in [9.17, 15) is 16.8 Å². The van der Waals surface area contributed by atoms with Gasteiger partial charge in [0.05, 0.1) is 24.4 Å². The number of hydrogen-bond acceptors (Lipinski definition) is 9. The van der Waals surface area contributed by atoms with Crippen LogP contribution in [0.2, 0.25) is 0 Å². The molecule has 2 heterocycles.